The standard InChI is InChI=1S/C11H14BrNO4S/c1-3-17-11(14)8-13(18(2,15)16)10-6-4-5-9(12)7-10/h4-7H,3,8H2,1-2H3. The van der Waals surface area contributed by atoms with Crippen LogP contribution in [-0.4, -0.2) is 33.8 Å². The van der Waals surface area contributed by atoms with Crippen molar-refractivity contribution in [2.75, 3.05) is 23.7 Å². The van der Waals surface area contributed by atoms with Crippen molar-refractivity contribution in [3.63, 3.8) is 0 Å². The molecule has 5 nitrogen and oxygen atoms in total. The number of hydrogen-bond acceptors (Lipinski definition) is 4. The van der Waals surface area contributed by atoms with Crippen LogP contribution in [0.2, 0.25) is 0 Å². The molecule has 0 aliphatic heterocycles. The van der Waals surface area contributed by atoms with Crippen LogP contribution in [0.15, 0.2) is 28.7 Å². The van der Waals surface area contributed by atoms with Crippen LogP contribution >= 0.6 is 15.9 Å². The van der Waals surface area contributed by atoms with Gasteiger partial charge in [0, 0.05) is 4.47 Å². The number of anilines is 1. The highest BCUT2D eigenvalue weighted by Crippen LogP contribution is 2.21. The summed E-state index contributed by atoms with van der Waals surface area (Å²) in [5.41, 5.74) is 0.417. The molecule has 1 rings (SSSR count). The fourth-order valence-corrected chi connectivity index (χ4v) is 2.58. The van der Waals surface area contributed by atoms with Gasteiger partial charge in [-0.25, -0.2) is 8.42 Å². The summed E-state index contributed by atoms with van der Waals surface area (Å²) in [6, 6.07) is 6.71. The van der Waals surface area contributed by atoms with Gasteiger partial charge in [-0.2, -0.15) is 0 Å². The Hall–Kier alpha value is -1.08. The Labute approximate surface area is 115 Å². The number of sulfonamides is 1. The molecular weight excluding hydrogens is 322 g/mol. The third kappa shape index (κ3) is 4.30. The molecule has 100 valence electrons. The largest absolute Gasteiger partial charge is 0.465 e. The average molecular weight is 336 g/mol. The van der Waals surface area contributed by atoms with Crippen molar-refractivity contribution in [1.29, 1.82) is 0 Å². The molecule has 0 spiro atoms. The Morgan fingerprint density at radius 2 is 2.11 bits per heavy atom. The maximum atomic E-state index is 11.7. The number of hydrogen-bond donors (Lipinski definition) is 0. The highest BCUT2D eigenvalue weighted by Gasteiger charge is 2.21. The van der Waals surface area contributed by atoms with Crippen LogP contribution in [0.4, 0.5) is 5.69 Å². The van der Waals surface area contributed by atoms with E-state index in [1.54, 1.807) is 31.2 Å². The van der Waals surface area contributed by atoms with Gasteiger partial charge >= 0.3 is 5.97 Å². The fourth-order valence-electron chi connectivity index (χ4n) is 1.36. The molecule has 0 aliphatic rings. The van der Waals surface area contributed by atoms with Crippen molar-refractivity contribution in [3.05, 3.63) is 28.7 Å². The summed E-state index contributed by atoms with van der Waals surface area (Å²) in [5, 5.41) is 0. The summed E-state index contributed by atoms with van der Waals surface area (Å²) >= 11 is 3.26. The van der Waals surface area contributed by atoms with Gasteiger partial charge in [-0.1, -0.05) is 22.0 Å². The monoisotopic (exact) mass is 335 g/mol. The minimum atomic E-state index is -3.54. The zero-order valence-electron chi connectivity index (χ0n) is 10.1. The van der Waals surface area contributed by atoms with E-state index in [-0.39, 0.29) is 13.2 Å². The van der Waals surface area contributed by atoms with Gasteiger partial charge in [0.05, 0.1) is 18.6 Å². The molecule has 0 fully saturated rings. The summed E-state index contributed by atoms with van der Waals surface area (Å²) in [6.07, 6.45) is 1.05. The number of ether oxygens (including phenoxy) is 1. The third-order valence-corrected chi connectivity index (χ3v) is 3.71. The first-order valence-electron chi connectivity index (χ1n) is 5.23. The van der Waals surface area contributed by atoms with Crippen molar-refractivity contribution in [2.45, 2.75) is 6.92 Å². The van der Waals surface area contributed by atoms with Gasteiger partial charge in [-0.3, -0.25) is 9.10 Å². The molecule has 0 saturated heterocycles. The van der Waals surface area contributed by atoms with Crippen molar-refractivity contribution in [1.82, 2.24) is 0 Å². The van der Waals surface area contributed by atoms with Crippen LogP contribution in [0.5, 0.6) is 0 Å². The molecule has 1 aromatic rings. The Kier molecular flexibility index (Phi) is 5.15. The van der Waals surface area contributed by atoms with E-state index >= 15 is 0 Å². The first kappa shape index (κ1) is 15.0. The van der Waals surface area contributed by atoms with E-state index in [2.05, 4.69) is 15.9 Å². The predicted octanol–water partition coefficient (Wildman–Crippen LogP) is 1.78. The lowest BCUT2D eigenvalue weighted by molar-refractivity contribution is -0.141. The number of carbonyl (C=O) groups excluding carboxylic acids is 1. The Morgan fingerprint density at radius 1 is 1.44 bits per heavy atom. The molecule has 0 N–H and O–H groups in total. The molecule has 0 radical (unpaired) electrons. The van der Waals surface area contributed by atoms with Crippen molar-refractivity contribution in [2.24, 2.45) is 0 Å². The second kappa shape index (κ2) is 6.19. The third-order valence-electron chi connectivity index (χ3n) is 2.07. The average Bonchev–Trinajstić information content (AvgIpc) is 2.24. The summed E-state index contributed by atoms with van der Waals surface area (Å²) in [5.74, 6) is -0.581. The molecule has 0 saturated carbocycles. The van der Waals surface area contributed by atoms with Crippen LogP contribution in [0.3, 0.4) is 0 Å². The van der Waals surface area contributed by atoms with E-state index in [0.717, 1.165) is 15.0 Å². The van der Waals surface area contributed by atoms with Crippen LogP contribution in [0.1, 0.15) is 6.92 Å². The van der Waals surface area contributed by atoms with E-state index in [1.165, 1.54) is 0 Å². The van der Waals surface area contributed by atoms with Crippen LogP contribution in [0, 0.1) is 0 Å². The first-order valence-corrected chi connectivity index (χ1v) is 7.87. The van der Waals surface area contributed by atoms with Crippen molar-refractivity contribution in [3.8, 4) is 0 Å². The summed E-state index contributed by atoms with van der Waals surface area (Å²) < 4.78 is 29.9. The molecule has 0 aliphatic carbocycles. The lowest BCUT2D eigenvalue weighted by atomic mass is 10.3. The number of carbonyl (C=O) groups is 1. The van der Waals surface area contributed by atoms with E-state index in [0.29, 0.717) is 5.69 Å². The SMILES string of the molecule is CCOC(=O)CN(c1cccc(Br)c1)S(C)(=O)=O. The van der Waals surface area contributed by atoms with Crippen molar-refractivity contribution >= 4 is 37.6 Å². The van der Waals surface area contributed by atoms with Crippen LogP contribution in [-0.2, 0) is 19.6 Å². The second-order valence-electron chi connectivity index (χ2n) is 3.55. The topological polar surface area (TPSA) is 63.7 Å². The quantitative estimate of drug-likeness (QED) is 0.769. The number of nitrogens with zero attached hydrogens (tertiary/aromatic N) is 1. The lowest BCUT2D eigenvalue weighted by Gasteiger charge is -2.21. The molecule has 18 heavy (non-hydrogen) atoms. The zero-order valence-corrected chi connectivity index (χ0v) is 12.5. The van der Waals surface area contributed by atoms with Gasteiger partial charge < -0.3 is 4.74 Å². The lowest BCUT2D eigenvalue weighted by Crippen LogP contribution is -2.35. The molecule has 0 amide bonds. The van der Waals surface area contributed by atoms with Gasteiger partial charge in [-0.15, -0.1) is 0 Å². The minimum absolute atomic E-state index is 0.217. The molecule has 0 heterocycles. The van der Waals surface area contributed by atoms with Crippen molar-refractivity contribution < 1.29 is 17.9 Å². The highest BCUT2D eigenvalue weighted by molar-refractivity contribution is 9.10. The second-order valence-corrected chi connectivity index (χ2v) is 6.38. The summed E-state index contributed by atoms with van der Waals surface area (Å²) in [6.45, 7) is 1.56. The van der Waals surface area contributed by atoms with Gasteiger partial charge in [-0.05, 0) is 25.1 Å². The Bertz CT molecular complexity index is 530. The number of benzene rings is 1. The Balaban J connectivity index is 3.04. The molecule has 0 bridgehead atoms. The smallest absolute Gasteiger partial charge is 0.326 e. The molecule has 0 aromatic heterocycles. The highest BCUT2D eigenvalue weighted by atomic mass is 79.9. The maximum absolute atomic E-state index is 11.7. The molecule has 0 atom stereocenters. The van der Waals surface area contributed by atoms with Crippen LogP contribution in [0.25, 0.3) is 0 Å². The number of halogens is 1. The first-order chi connectivity index (χ1) is 8.34. The maximum Gasteiger partial charge on any atom is 0.326 e. The van der Waals surface area contributed by atoms with E-state index < -0.39 is 16.0 Å². The number of rotatable bonds is 5. The van der Waals surface area contributed by atoms with E-state index in [4.69, 9.17) is 4.74 Å². The van der Waals surface area contributed by atoms with E-state index in [1.807, 2.05) is 0 Å². The van der Waals surface area contributed by atoms with Gasteiger partial charge in [0.1, 0.15) is 6.54 Å². The molecule has 1 aromatic carbocycles. The zero-order chi connectivity index (χ0) is 13.8. The van der Waals surface area contributed by atoms with Crippen LogP contribution < -0.4 is 4.31 Å². The van der Waals surface area contributed by atoms with Gasteiger partial charge in [0.25, 0.3) is 0 Å². The molecule has 0 unspecified atom stereocenters. The molecule has 7 heteroatoms. The van der Waals surface area contributed by atoms with E-state index in [9.17, 15) is 13.2 Å². The fraction of sp³-hybridized carbons (Fsp3) is 0.364. The number of esters is 1. The Morgan fingerprint density at radius 3 is 2.61 bits per heavy atom. The summed E-state index contributed by atoms with van der Waals surface area (Å²) in [7, 11) is -3.54. The molecular formula is C11H14BrNO4S. The van der Waals surface area contributed by atoms with Gasteiger partial charge in [0.2, 0.25) is 10.0 Å². The summed E-state index contributed by atoms with van der Waals surface area (Å²) in [4.78, 5) is 11.4. The predicted molar refractivity (Wildman–Crippen MR) is 73.0 cm³/mol. The normalized spacial score (nSPS) is 11.1. The minimum Gasteiger partial charge on any atom is -0.465 e. The van der Waals surface area contributed by atoms with Gasteiger partial charge in [0.15, 0.2) is 0 Å².